The van der Waals surface area contributed by atoms with E-state index in [-0.39, 0.29) is 23.5 Å². The zero-order valence-corrected chi connectivity index (χ0v) is 12.4. The molecule has 0 unspecified atom stereocenters. The van der Waals surface area contributed by atoms with E-state index < -0.39 is 0 Å². The molecule has 1 aromatic carbocycles. The summed E-state index contributed by atoms with van der Waals surface area (Å²) in [5, 5.41) is 10.1. The second kappa shape index (κ2) is 6.20. The van der Waals surface area contributed by atoms with Gasteiger partial charge in [-0.1, -0.05) is 40.2 Å². The van der Waals surface area contributed by atoms with E-state index in [9.17, 15) is 9.90 Å². The summed E-state index contributed by atoms with van der Waals surface area (Å²) in [6.45, 7) is 8.54. The van der Waals surface area contributed by atoms with Crippen LogP contribution >= 0.6 is 0 Å². The average Bonchev–Trinajstić information content (AvgIpc) is 2.34. The first-order valence-corrected chi connectivity index (χ1v) is 6.90. The van der Waals surface area contributed by atoms with Gasteiger partial charge in [-0.2, -0.15) is 0 Å². The molecule has 0 heterocycles. The molecule has 3 nitrogen and oxygen atoms in total. The second-order valence-electron chi connectivity index (χ2n) is 6.01. The van der Waals surface area contributed by atoms with Gasteiger partial charge < -0.3 is 10.8 Å². The monoisotopic (exact) mass is 263 g/mol. The van der Waals surface area contributed by atoms with Crippen LogP contribution in [0.5, 0.6) is 5.75 Å². The van der Waals surface area contributed by atoms with Crippen molar-refractivity contribution in [3.8, 4) is 5.75 Å². The number of phenolic OH excluding ortho intramolecular Hbond substituents is 1. The summed E-state index contributed by atoms with van der Waals surface area (Å²) in [5.41, 5.74) is 7.69. The van der Waals surface area contributed by atoms with Crippen LogP contribution in [0.25, 0.3) is 0 Å². The predicted octanol–water partition coefficient (Wildman–Crippen LogP) is 3.52. The standard InChI is InChI=1S/C16H25NO2/c1-5-6-7-14(18)13-9-12(16(2,3)4)8-11(10-17)15(13)19/h8-9,19H,5-7,10,17H2,1-4H3. The number of rotatable bonds is 5. The highest BCUT2D eigenvalue weighted by atomic mass is 16.3. The van der Waals surface area contributed by atoms with Crippen molar-refractivity contribution in [3.63, 3.8) is 0 Å². The van der Waals surface area contributed by atoms with Gasteiger partial charge in [-0.3, -0.25) is 4.79 Å². The molecule has 19 heavy (non-hydrogen) atoms. The normalized spacial score (nSPS) is 11.6. The minimum Gasteiger partial charge on any atom is -0.507 e. The number of benzene rings is 1. The van der Waals surface area contributed by atoms with Crippen LogP contribution in [-0.4, -0.2) is 10.9 Å². The Kier molecular flexibility index (Phi) is 5.12. The summed E-state index contributed by atoms with van der Waals surface area (Å²) in [4.78, 5) is 12.2. The quantitative estimate of drug-likeness (QED) is 0.799. The first-order valence-electron chi connectivity index (χ1n) is 6.90. The fourth-order valence-corrected chi connectivity index (χ4v) is 1.97. The van der Waals surface area contributed by atoms with Crippen molar-refractivity contribution in [3.05, 3.63) is 28.8 Å². The smallest absolute Gasteiger partial charge is 0.166 e. The minimum absolute atomic E-state index is 0.000139. The van der Waals surface area contributed by atoms with E-state index in [4.69, 9.17) is 5.73 Å². The van der Waals surface area contributed by atoms with Crippen LogP contribution in [0.3, 0.4) is 0 Å². The van der Waals surface area contributed by atoms with E-state index in [2.05, 4.69) is 20.8 Å². The lowest BCUT2D eigenvalue weighted by atomic mass is 9.84. The number of unbranched alkanes of at least 4 members (excludes halogenated alkanes) is 1. The van der Waals surface area contributed by atoms with Crippen LogP contribution in [0.1, 0.15) is 68.4 Å². The molecule has 0 aliphatic heterocycles. The number of ketones is 1. The third-order valence-corrected chi connectivity index (χ3v) is 3.33. The van der Waals surface area contributed by atoms with Gasteiger partial charge in [-0.05, 0) is 23.5 Å². The highest BCUT2D eigenvalue weighted by Crippen LogP contribution is 2.31. The lowest BCUT2D eigenvalue weighted by Crippen LogP contribution is -2.14. The Morgan fingerprint density at radius 3 is 2.42 bits per heavy atom. The van der Waals surface area contributed by atoms with Crippen molar-refractivity contribution in [2.24, 2.45) is 5.73 Å². The van der Waals surface area contributed by atoms with Crippen LogP contribution in [0.2, 0.25) is 0 Å². The van der Waals surface area contributed by atoms with Gasteiger partial charge in [-0.25, -0.2) is 0 Å². The van der Waals surface area contributed by atoms with Crippen molar-refractivity contribution < 1.29 is 9.90 Å². The fourth-order valence-electron chi connectivity index (χ4n) is 1.97. The molecular weight excluding hydrogens is 238 g/mol. The maximum absolute atomic E-state index is 12.2. The maximum Gasteiger partial charge on any atom is 0.166 e. The topological polar surface area (TPSA) is 63.3 Å². The molecule has 3 N–H and O–H groups in total. The number of Topliss-reactive ketones (excluding diaryl/α,β-unsaturated/α-hetero) is 1. The number of aromatic hydroxyl groups is 1. The average molecular weight is 263 g/mol. The van der Waals surface area contributed by atoms with E-state index in [0.717, 1.165) is 18.4 Å². The summed E-state index contributed by atoms with van der Waals surface area (Å²) in [6.07, 6.45) is 2.28. The molecule has 106 valence electrons. The SMILES string of the molecule is CCCCC(=O)c1cc(C(C)(C)C)cc(CN)c1O. The number of phenols is 1. The van der Waals surface area contributed by atoms with E-state index in [1.54, 1.807) is 0 Å². The van der Waals surface area contributed by atoms with Crippen molar-refractivity contribution in [1.29, 1.82) is 0 Å². The molecule has 0 saturated heterocycles. The zero-order valence-electron chi connectivity index (χ0n) is 12.4. The van der Waals surface area contributed by atoms with Gasteiger partial charge in [0.05, 0.1) is 5.56 Å². The van der Waals surface area contributed by atoms with Gasteiger partial charge in [0.25, 0.3) is 0 Å². The highest BCUT2D eigenvalue weighted by molar-refractivity contribution is 5.99. The number of carbonyl (C=O) groups is 1. The molecule has 0 aliphatic rings. The second-order valence-corrected chi connectivity index (χ2v) is 6.01. The molecule has 0 bridgehead atoms. The molecule has 1 aromatic rings. The van der Waals surface area contributed by atoms with Crippen molar-refractivity contribution in [2.45, 2.75) is 58.9 Å². The van der Waals surface area contributed by atoms with Crippen LogP contribution in [0.15, 0.2) is 12.1 Å². The van der Waals surface area contributed by atoms with E-state index in [1.165, 1.54) is 0 Å². The van der Waals surface area contributed by atoms with Crippen molar-refractivity contribution in [1.82, 2.24) is 0 Å². The molecule has 0 fully saturated rings. The molecule has 3 heteroatoms. The summed E-state index contributed by atoms with van der Waals surface area (Å²) in [7, 11) is 0. The van der Waals surface area contributed by atoms with Crippen LogP contribution in [0, 0.1) is 0 Å². The van der Waals surface area contributed by atoms with Gasteiger partial charge in [0.2, 0.25) is 0 Å². The summed E-state index contributed by atoms with van der Waals surface area (Å²) >= 11 is 0. The van der Waals surface area contributed by atoms with Crippen molar-refractivity contribution >= 4 is 5.78 Å². The minimum atomic E-state index is -0.0720. The molecule has 0 radical (unpaired) electrons. The molecule has 1 rings (SSSR count). The fraction of sp³-hybridized carbons (Fsp3) is 0.562. The van der Waals surface area contributed by atoms with Crippen molar-refractivity contribution in [2.75, 3.05) is 0 Å². The van der Waals surface area contributed by atoms with Crippen LogP contribution in [-0.2, 0) is 12.0 Å². The molecule has 0 aromatic heterocycles. The van der Waals surface area contributed by atoms with Crippen LogP contribution < -0.4 is 5.73 Å². The third-order valence-electron chi connectivity index (χ3n) is 3.33. The zero-order chi connectivity index (χ0) is 14.6. The lowest BCUT2D eigenvalue weighted by Gasteiger charge is -2.22. The van der Waals surface area contributed by atoms with E-state index >= 15 is 0 Å². The number of hydrogen-bond acceptors (Lipinski definition) is 3. The Bertz CT molecular complexity index is 459. The molecule has 0 saturated carbocycles. The molecule has 0 atom stereocenters. The Hall–Kier alpha value is -1.35. The Balaban J connectivity index is 3.26. The summed E-state index contributed by atoms with van der Waals surface area (Å²) in [5.74, 6) is 0.0525. The lowest BCUT2D eigenvalue weighted by molar-refractivity contribution is 0.0977. The number of nitrogens with two attached hydrogens (primary N) is 1. The first-order chi connectivity index (χ1) is 8.81. The highest BCUT2D eigenvalue weighted by Gasteiger charge is 2.21. The Morgan fingerprint density at radius 2 is 1.95 bits per heavy atom. The van der Waals surface area contributed by atoms with Gasteiger partial charge in [0, 0.05) is 18.5 Å². The molecular formula is C16H25NO2. The molecule has 0 spiro atoms. The van der Waals surface area contributed by atoms with E-state index in [0.29, 0.717) is 17.5 Å². The first kappa shape index (κ1) is 15.7. The van der Waals surface area contributed by atoms with E-state index in [1.807, 2.05) is 19.1 Å². The van der Waals surface area contributed by atoms with Gasteiger partial charge in [-0.15, -0.1) is 0 Å². The third kappa shape index (κ3) is 3.80. The van der Waals surface area contributed by atoms with Gasteiger partial charge in [0.1, 0.15) is 5.75 Å². The summed E-state index contributed by atoms with van der Waals surface area (Å²) in [6, 6.07) is 3.71. The Labute approximate surface area is 115 Å². The largest absolute Gasteiger partial charge is 0.507 e. The van der Waals surface area contributed by atoms with Gasteiger partial charge in [0.15, 0.2) is 5.78 Å². The number of carbonyl (C=O) groups excluding carboxylic acids is 1. The number of hydrogen-bond donors (Lipinski definition) is 2. The molecule has 0 amide bonds. The maximum atomic E-state index is 12.2. The summed E-state index contributed by atoms with van der Waals surface area (Å²) < 4.78 is 0. The predicted molar refractivity (Wildman–Crippen MR) is 78.6 cm³/mol. The Morgan fingerprint density at radius 1 is 1.32 bits per heavy atom. The van der Waals surface area contributed by atoms with Crippen LogP contribution in [0.4, 0.5) is 0 Å². The van der Waals surface area contributed by atoms with Gasteiger partial charge >= 0.3 is 0 Å². The molecule has 0 aliphatic carbocycles.